The van der Waals surface area contributed by atoms with Crippen LogP contribution in [0, 0.1) is 0 Å². The van der Waals surface area contributed by atoms with Gasteiger partial charge in [0.25, 0.3) is 0 Å². The number of para-hydroxylation sites is 1. The van der Waals surface area contributed by atoms with Gasteiger partial charge in [-0.1, -0.05) is 18.2 Å². The Morgan fingerprint density at radius 1 is 1.22 bits per heavy atom. The van der Waals surface area contributed by atoms with Crippen LogP contribution in [-0.4, -0.2) is 22.2 Å². The van der Waals surface area contributed by atoms with Crippen LogP contribution in [-0.2, 0) is 0 Å². The van der Waals surface area contributed by atoms with Crippen molar-refractivity contribution < 1.29 is 18.0 Å². The summed E-state index contributed by atoms with van der Waals surface area (Å²) < 4.78 is 38.7. The molecular formula is C11H8F3N3O. The molecule has 0 aliphatic heterocycles. The van der Waals surface area contributed by atoms with Crippen molar-refractivity contribution in [3.8, 4) is 0 Å². The summed E-state index contributed by atoms with van der Waals surface area (Å²) in [6, 6.07) is 6.81. The van der Waals surface area contributed by atoms with Crippen LogP contribution in [0.5, 0.6) is 0 Å². The number of H-pyrrole nitrogens is 1. The van der Waals surface area contributed by atoms with E-state index in [2.05, 4.69) is 9.97 Å². The number of nitrogens with one attached hydrogen (secondary N) is 1. The van der Waals surface area contributed by atoms with Crippen molar-refractivity contribution in [1.29, 1.82) is 0 Å². The Labute approximate surface area is 100 Å². The first-order chi connectivity index (χ1) is 8.50. The zero-order valence-electron chi connectivity index (χ0n) is 8.98. The zero-order chi connectivity index (χ0) is 13.2. The lowest BCUT2D eigenvalue weighted by Gasteiger charge is -2.23. The number of rotatable bonds is 2. The molecule has 1 amide bonds. The molecule has 0 aliphatic carbocycles. The fourth-order valence-corrected chi connectivity index (χ4v) is 1.44. The van der Waals surface area contributed by atoms with Gasteiger partial charge in [0.2, 0.25) is 0 Å². The average Bonchev–Trinajstić information content (AvgIpc) is 2.82. The molecule has 0 aliphatic rings. The third kappa shape index (κ3) is 2.34. The molecule has 0 saturated heterocycles. The maximum atomic E-state index is 12.9. The molecule has 0 fully saturated rings. The van der Waals surface area contributed by atoms with Crippen molar-refractivity contribution in [2.75, 3.05) is 4.90 Å². The summed E-state index contributed by atoms with van der Waals surface area (Å²) >= 11 is 0. The van der Waals surface area contributed by atoms with E-state index in [1.165, 1.54) is 36.7 Å². The molecule has 1 aromatic heterocycles. The number of carbonyl (C=O) groups excluding carboxylic acids is 1. The van der Waals surface area contributed by atoms with Gasteiger partial charge >= 0.3 is 12.2 Å². The van der Waals surface area contributed by atoms with Gasteiger partial charge < -0.3 is 4.98 Å². The lowest BCUT2D eigenvalue weighted by Crippen LogP contribution is -2.43. The van der Waals surface area contributed by atoms with Gasteiger partial charge in [-0.3, -0.25) is 4.79 Å². The third-order valence-corrected chi connectivity index (χ3v) is 2.17. The molecule has 18 heavy (non-hydrogen) atoms. The number of benzene rings is 1. The van der Waals surface area contributed by atoms with E-state index in [1.807, 2.05) is 0 Å². The number of carbonyl (C=O) groups is 1. The predicted molar refractivity (Wildman–Crippen MR) is 57.9 cm³/mol. The molecule has 94 valence electrons. The molecule has 4 nitrogen and oxygen atoms in total. The molecule has 0 unspecified atom stereocenters. The van der Waals surface area contributed by atoms with E-state index in [1.54, 1.807) is 6.07 Å². The lowest BCUT2D eigenvalue weighted by molar-refractivity contribution is -0.122. The lowest BCUT2D eigenvalue weighted by atomic mass is 10.3. The Kier molecular flexibility index (Phi) is 3.05. The zero-order valence-corrected chi connectivity index (χ0v) is 8.98. The molecule has 0 radical (unpaired) electrons. The number of aromatic amines is 1. The highest BCUT2D eigenvalue weighted by Gasteiger charge is 2.43. The largest absolute Gasteiger partial charge is 0.491 e. The first kappa shape index (κ1) is 12.2. The second-order valence-electron chi connectivity index (χ2n) is 3.38. The highest BCUT2D eigenvalue weighted by molar-refractivity contribution is 6.03. The van der Waals surface area contributed by atoms with Crippen LogP contribution in [0.1, 0.15) is 10.6 Å². The molecule has 2 aromatic rings. The number of amides is 1. The van der Waals surface area contributed by atoms with E-state index >= 15 is 0 Å². The standard InChI is InChI=1S/C11H8F3N3O/c12-11(13,14)17(8-4-2-1-3-5-8)10(18)9-15-6-7-16-9/h1-7H,(H,15,16). The Hall–Kier alpha value is -2.31. The topological polar surface area (TPSA) is 49.0 Å². The summed E-state index contributed by atoms with van der Waals surface area (Å²) in [5.74, 6) is -1.62. The fraction of sp³-hybridized carbons (Fsp3) is 0.0909. The van der Waals surface area contributed by atoms with Crippen LogP contribution in [0.2, 0.25) is 0 Å². The van der Waals surface area contributed by atoms with Gasteiger partial charge in [0.1, 0.15) is 0 Å². The van der Waals surface area contributed by atoms with Gasteiger partial charge in [0, 0.05) is 12.4 Å². The molecule has 1 N–H and O–H groups in total. The van der Waals surface area contributed by atoms with E-state index in [4.69, 9.17) is 0 Å². The molecule has 2 rings (SSSR count). The molecule has 1 aromatic carbocycles. The van der Waals surface area contributed by atoms with E-state index in [0.717, 1.165) is 0 Å². The van der Waals surface area contributed by atoms with Crippen molar-refractivity contribution in [2.45, 2.75) is 6.30 Å². The van der Waals surface area contributed by atoms with Crippen molar-refractivity contribution in [1.82, 2.24) is 9.97 Å². The number of alkyl halides is 3. The van der Waals surface area contributed by atoms with Crippen molar-refractivity contribution in [2.24, 2.45) is 0 Å². The minimum Gasteiger partial charge on any atom is -0.341 e. The SMILES string of the molecule is O=C(c1ncc[nH]1)N(c1ccccc1)C(F)(F)F. The first-order valence-electron chi connectivity index (χ1n) is 4.96. The third-order valence-electron chi connectivity index (χ3n) is 2.17. The Morgan fingerprint density at radius 2 is 1.89 bits per heavy atom. The second kappa shape index (κ2) is 4.52. The number of aromatic nitrogens is 2. The summed E-state index contributed by atoms with van der Waals surface area (Å²) in [4.78, 5) is 17.4. The summed E-state index contributed by atoms with van der Waals surface area (Å²) in [6.45, 7) is 0. The van der Waals surface area contributed by atoms with Crippen molar-refractivity contribution >= 4 is 11.6 Å². The van der Waals surface area contributed by atoms with Gasteiger partial charge in [0.05, 0.1) is 5.69 Å². The number of nitrogens with zero attached hydrogens (tertiary/aromatic N) is 2. The van der Waals surface area contributed by atoms with Crippen molar-refractivity contribution in [3.05, 3.63) is 48.5 Å². The summed E-state index contributed by atoms with van der Waals surface area (Å²) in [5, 5.41) is 0. The van der Waals surface area contributed by atoms with Gasteiger partial charge in [-0.15, -0.1) is 13.2 Å². The molecular weight excluding hydrogens is 247 g/mol. The minimum atomic E-state index is -4.81. The molecule has 0 bridgehead atoms. The van der Waals surface area contributed by atoms with E-state index in [-0.39, 0.29) is 16.4 Å². The van der Waals surface area contributed by atoms with Gasteiger partial charge in [0.15, 0.2) is 5.82 Å². The summed E-state index contributed by atoms with van der Waals surface area (Å²) in [5.41, 5.74) is -0.258. The molecule has 0 spiro atoms. The normalized spacial score (nSPS) is 11.3. The van der Waals surface area contributed by atoms with Gasteiger partial charge in [-0.2, -0.15) is 0 Å². The van der Waals surface area contributed by atoms with E-state index in [0.29, 0.717) is 0 Å². The predicted octanol–water partition coefficient (Wildman–Crippen LogP) is 2.58. The van der Waals surface area contributed by atoms with Crippen LogP contribution in [0.4, 0.5) is 18.9 Å². The number of halogens is 3. The Bertz CT molecular complexity index is 522. The minimum absolute atomic E-state index is 0.258. The van der Waals surface area contributed by atoms with Crippen LogP contribution >= 0.6 is 0 Å². The van der Waals surface area contributed by atoms with Crippen molar-refractivity contribution in [3.63, 3.8) is 0 Å². The smallest absolute Gasteiger partial charge is 0.341 e. The number of anilines is 1. The molecule has 7 heteroatoms. The second-order valence-corrected chi connectivity index (χ2v) is 3.38. The molecule has 0 saturated carbocycles. The number of hydrogen-bond donors (Lipinski definition) is 1. The van der Waals surface area contributed by atoms with Crippen LogP contribution < -0.4 is 4.90 Å². The molecule has 0 atom stereocenters. The first-order valence-corrected chi connectivity index (χ1v) is 4.96. The highest BCUT2D eigenvalue weighted by atomic mass is 19.4. The summed E-state index contributed by atoms with van der Waals surface area (Å²) in [7, 11) is 0. The average molecular weight is 255 g/mol. The number of imidazole rings is 1. The number of hydrogen-bond acceptors (Lipinski definition) is 2. The molecule has 1 heterocycles. The fourth-order valence-electron chi connectivity index (χ4n) is 1.44. The Morgan fingerprint density at radius 3 is 2.39 bits per heavy atom. The Balaban J connectivity index is 2.42. The van der Waals surface area contributed by atoms with E-state index in [9.17, 15) is 18.0 Å². The highest BCUT2D eigenvalue weighted by Crippen LogP contribution is 2.29. The van der Waals surface area contributed by atoms with E-state index < -0.39 is 12.2 Å². The maximum Gasteiger partial charge on any atom is 0.491 e. The monoisotopic (exact) mass is 255 g/mol. The maximum absolute atomic E-state index is 12.9. The van der Waals surface area contributed by atoms with Crippen LogP contribution in [0.3, 0.4) is 0 Å². The van der Waals surface area contributed by atoms with Gasteiger partial charge in [-0.25, -0.2) is 9.88 Å². The van der Waals surface area contributed by atoms with Gasteiger partial charge in [-0.05, 0) is 12.1 Å². The van der Waals surface area contributed by atoms with Crippen LogP contribution in [0.25, 0.3) is 0 Å². The summed E-state index contributed by atoms with van der Waals surface area (Å²) in [6.07, 6.45) is -2.31. The quantitative estimate of drug-likeness (QED) is 0.838. The van der Waals surface area contributed by atoms with Crippen LogP contribution in [0.15, 0.2) is 42.7 Å².